The summed E-state index contributed by atoms with van der Waals surface area (Å²) in [6.07, 6.45) is 4.34. The number of nitrogen functional groups attached to an aromatic ring is 1. The summed E-state index contributed by atoms with van der Waals surface area (Å²) < 4.78 is 1.58. The van der Waals surface area contributed by atoms with E-state index in [1.165, 1.54) is 0 Å². The number of carbonyl (C=O) groups excluding carboxylic acids is 1. The average Bonchev–Trinajstić information content (AvgIpc) is 2.75. The van der Waals surface area contributed by atoms with E-state index in [1.807, 2.05) is 4.90 Å². The first-order chi connectivity index (χ1) is 7.15. The van der Waals surface area contributed by atoms with Crippen LogP contribution in [0.3, 0.4) is 0 Å². The van der Waals surface area contributed by atoms with Gasteiger partial charge in [-0.3, -0.25) is 9.48 Å². The molecule has 5 nitrogen and oxygen atoms in total. The molecule has 0 spiro atoms. The van der Waals surface area contributed by atoms with Gasteiger partial charge < -0.3 is 10.6 Å². The van der Waals surface area contributed by atoms with Gasteiger partial charge in [0.05, 0.1) is 11.9 Å². The van der Waals surface area contributed by atoms with Crippen molar-refractivity contribution in [2.24, 2.45) is 5.92 Å². The van der Waals surface area contributed by atoms with E-state index in [0.29, 0.717) is 18.2 Å². The molecule has 1 unspecified atom stereocenters. The maximum Gasteiger partial charge on any atom is 0.244 e. The number of hydrogen-bond donors (Lipinski definition) is 1. The molecule has 1 aromatic rings. The lowest BCUT2D eigenvalue weighted by atomic mass is 10.2. The van der Waals surface area contributed by atoms with E-state index in [0.717, 1.165) is 19.5 Å². The monoisotopic (exact) mass is 208 g/mol. The van der Waals surface area contributed by atoms with Gasteiger partial charge in [0.25, 0.3) is 0 Å². The highest BCUT2D eigenvalue weighted by molar-refractivity contribution is 5.76. The van der Waals surface area contributed by atoms with Crippen LogP contribution < -0.4 is 5.73 Å². The minimum absolute atomic E-state index is 0.127. The summed E-state index contributed by atoms with van der Waals surface area (Å²) in [4.78, 5) is 13.7. The van der Waals surface area contributed by atoms with E-state index in [-0.39, 0.29) is 5.91 Å². The Morgan fingerprint density at radius 1 is 1.73 bits per heavy atom. The summed E-state index contributed by atoms with van der Waals surface area (Å²) >= 11 is 0. The van der Waals surface area contributed by atoms with Crippen molar-refractivity contribution in [2.75, 3.05) is 18.8 Å². The van der Waals surface area contributed by atoms with Crippen LogP contribution in [0, 0.1) is 5.92 Å². The third-order valence-electron chi connectivity index (χ3n) is 2.73. The van der Waals surface area contributed by atoms with Crippen molar-refractivity contribution in [1.29, 1.82) is 0 Å². The second-order valence-corrected chi connectivity index (χ2v) is 4.20. The first kappa shape index (κ1) is 10.0. The minimum atomic E-state index is 0.127. The number of amides is 1. The summed E-state index contributed by atoms with van der Waals surface area (Å²) in [5.74, 6) is 0.749. The minimum Gasteiger partial charge on any atom is -0.396 e. The van der Waals surface area contributed by atoms with Crippen molar-refractivity contribution in [1.82, 2.24) is 14.7 Å². The Morgan fingerprint density at radius 2 is 2.53 bits per heavy atom. The number of nitrogens with two attached hydrogens (primary N) is 1. The number of nitrogens with zero attached hydrogens (tertiary/aromatic N) is 3. The van der Waals surface area contributed by atoms with Crippen LogP contribution in [0.25, 0.3) is 0 Å². The smallest absolute Gasteiger partial charge is 0.244 e. The lowest BCUT2D eigenvalue weighted by Gasteiger charge is -2.15. The maximum absolute atomic E-state index is 11.8. The van der Waals surface area contributed by atoms with E-state index in [2.05, 4.69) is 12.0 Å². The zero-order valence-corrected chi connectivity index (χ0v) is 8.89. The molecule has 5 heteroatoms. The van der Waals surface area contributed by atoms with Gasteiger partial charge in [-0.2, -0.15) is 5.10 Å². The van der Waals surface area contributed by atoms with Crippen molar-refractivity contribution < 1.29 is 4.79 Å². The predicted molar refractivity (Wildman–Crippen MR) is 57.0 cm³/mol. The van der Waals surface area contributed by atoms with Gasteiger partial charge in [0.2, 0.25) is 5.91 Å². The van der Waals surface area contributed by atoms with Gasteiger partial charge in [0.1, 0.15) is 6.54 Å². The molecule has 0 radical (unpaired) electrons. The number of hydrogen-bond acceptors (Lipinski definition) is 3. The molecule has 1 fully saturated rings. The van der Waals surface area contributed by atoms with Crippen LogP contribution in [-0.2, 0) is 11.3 Å². The molecule has 1 atom stereocenters. The molecule has 1 aliphatic rings. The fourth-order valence-electron chi connectivity index (χ4n) is 1.87. The molecule has 82 valence electrons. The number of aromatic nitrogens is 2. The molecule has 15 heavy (non-hydrogen) atoms. The quantitative estimate of drug-likeness (QED) is 0.762. The number of rotatable bonds is 2. The van der Waals surface area contributed by atoms with E-state index < -0.39 is 0 Å². The van der Waals surface area contributed by atoms with Crippen LogP contribution in [0.15, 0.2) is 12.4 Å². The van der Waals surface area contributed by atoms with Gasteiger partial charge >= 0.3 is 0 Å². The number of carbonyl (C=O) groups is 1. The van der Waals surface area contributed by atoms with Crippen LogP contribution in [0.5, 0.6) is 0 Å². The molecule has 2 rings (SSSR count). The second kappa shape index (κ2) is 3.92. The van der Waals surface area contributed by atoms with Crippen molar-refractivity contribution in [3.63, 3.8) is 0 Å². The lowest BCUT2D eigenvalue weighted by Crippen LogP contribution is -2.31. The molecular weight excluding hydrogens is 192 g/mol. The van der Waals surface area contributed by atoms with Crippen LogP contribution in [-0.4, -0.2) is 33.7 Å². The van der Waals surface area contributed by atoms with Crippen LogP contribution in [0.4, 0.5) is 5.69 Å². The molecule has 1 amide bonds. The third-order valence-corrected chi connectivity index (χ3v) is 2.73. The highest BCUT2D eigenvalue weighted by Crippen LogP contribution is 2.15. The zero-order valence-electron chi connectivity index (χ0n) is 8.89. The second-order valence-electron chi connectivity index (χ2n) is 4.20. The van der Waals surface area contributed by atoms with Gasteiger partial charge in [0, 0.05) is 19.3 Å². The Hall–Kier alpha value is -1.52. The van der Waals surface area contributed by atoms with Gasteiger partial charge in [0.15, 0.2) is 0 Å². The average molecular weight is 208 g/mol. The fourth-order valence-corrected chi connectivity index (χ4v) is 1.87. The van der Waals surface area contributed by atoms with Crippen molar-refractivity contribution in [3.8, 4) is 0 Å². The zero-order chi connectivity index (χ0) is 10.8. The van der Waals surface area contributed by atoms with Gasteiger partial charge in [-0.25, -0.2) is 0 Å². The van der Waals surface area contributed by atoms with Gasteiger partial charge in [-0.05, 0) is 12.3 Å². The standard InChI is InChI=1S/C10H16N4O/c1-8-2-3-13(5-8)10(15)7-14-6-9(11)4-12-14/h4,6,8H,2-3,5,7,11H2,1H3. The van der Waals surface area contributed by atoms with Crippen molar-refractivity contribution in [2.45, 2.75) is 19.9 Å². The Bertz CT molecular complexity index is 360. The Kier molecular flexibility index (Phi) is 2.62. The van der Waals surface area contributed by atoms with Crippen LogP contribution >= 0.6 is 0 Å². The largest absolute Gasteiger partial charge is 0.396 e. The van der Waals surface area contributed by atoms with Crippen LogP contribution in [0.2, 0.25) is 0 Å². The normalized spacial score (nSPS) is 20.9. The van der Waals surface area contributed by atoms with E-state index >= 15 is 0 Å². The highest BCUT2D eigenvalue weighted by Gasteiger charge is 2.23. The molecule has 2 heterocycles. The summed E-state index contributed by atoms with van der Waals surface area (Å²) in [5, 5.41) is 3.99. The first-order valence-electron chi connectivity index (χ1n) is 5.21. The third kappa shape index (κ3) is 2.29. The maximum atomic E-state index is 11.8. The van der Waals surface area contributed by atoms with Crippen molar-refractivity contribution in [3.05, 3.63) is 12.4 Å². The van der Waals surface area contributed by atoms with E-state index in [9.17, 15) is 4.79 Å². The molecule has 0 aliphatic carbocycles. The SMILES string of the molecule is CC1CCN(C(=O)Cn2cc(N)cn2)C1. The Morgan fingerprint density at radius 3 is 3.07 bits per heavy atom. The van der Waals surface area contributed by atoms with E-state index in [4.69, 9.17) is 5.73 Å². The number of anilines is 1. The molecule has 2 N–H and O–H groups in total. The lowest BCUT2D eigenvalue weighted by molar-refractivity contribution is -0.131. The Balaban J connectivity index is 1.92. The molecule has 0 bridgehead atoms. The summed E-state index contributed by atoms with van der Waals surface area (Å²) in [6.45, 7) is 4.20. The fraction of sp³-hybridized carbons (Fsp3) is 0.600. The van der Waals surface area contributed by atoms with E-state index in [1.54, 1.807) is 17.1 Å². The number of likely N-dealkylation sites (tertiary alicyclic amines) is 1. The van der Waals surface area contributed by atoms with Gasteiger partial charge in [-0.1, -0.05) is 6.92 Å². The highest BCUT2D eigenvalue weighted by atomic mass is 16.2. The summed E-state index contributed by atoms with van der Waals surface area (Å²) in [6, 6.07) is 0. The first-order valence-corrected chi connectivity index (χ1v) is 5.21. The predicted octanol–water partition coefficient (Wildman–Crippen LogP) is 0.334. The Labute approximate surface area is 88.8 Å². The molecule has 1 saturated heterocycles. The van der Waals surface area contributed by atoms with Crippen LogP contribution in [0.1, 0.15) is 13.3 Å². The van der Waals surface area contributed by atoms with Gasteiger partial charge in [-0.15, -0.1) is 0 Å². The summed E-state index contributed by atoms with van der Waals surface area (Å²) in [5.41, 5.74) is 6.12. The molecule has 0 aromatic carbocycles. The topological polar surface area (TPSA) is 64.2 Å². The van der Waals surface area contributed by atoms with Crippen molar-refractivity contribution >= 4 is 11.6 Å². The molecule has 1 aromatic heterocycles. The summed E-state index contributed by atoms with van der Waals surface area (Å²) in [7, 11) is 0. The molecular formula is C10H16N4O. The molecule has 0 saturated carbocycles. The molecule has 1 aliphatic heterocycles.